The molecule has 0 radical (unpaired) electrons. The Morgan fingerprint density at radius 3 is 2.65 bits per heavy atom. The molecule has 2 aromatic heterocycles. The first kappa shape index (κ1) is 22.7. The highest BCUT2D eigenvalue weighted by atomic mass is 32.2. The number of carbonyl (C=O) groups is 1. The number of nitrogens with one attached hydrogen (secondary N) is 3. The van der Waals surface area contributed by atoms with Gasteiger partial charge in [-0.2, -0.15) is 21.6 Å². The molecule has 2 saturated heterocycles. The van der Waals surface area contributed by atoms with Crippen LogP contribution in [0.5, 0.6) is 0 Å². The van der Waals surface area contributed by atoms with E-state index in [0.29, 0.717) is 23.9 Å². The van der Waals surface area contributed by atoms with Crippen molar-refractivity contribution in [1.82, 2.24) is 24.5 Å². The van der Waals surface area contributed by atoms with Gasteiger partial charge < -0.3 is 10.3 Å². The third-order valence-electron chi connectivity index (χ3n) is 8.43. The Kier molecular flexibility index (Phi) is 4.33. The lowest BCUT2D eigenvalue weighted by Gasteiger charge is -2.40. The molecule has 4 heterocycles. The molecule has 4 atom stereocenters. The number of carbonyl (C=O) groups excluding carboxylic acids is 1. The Bertz CT molecular complexity index is 1730. The molecule has 2 fully saturated rings. The summed E-state index contributed by atoms with van der Waals surface area (Å²) >= 11 is 0. The summed E-state index contributed by atoms with van der Waals surface area (Å²) in [5.41, 5.74) is -2.80. The van der Waals surface area contributed by atoms with Gasteiger partial charge in [0.15, 0.2) is 0 Å². The molecule has 8 nitrogen and oxygen atoms in total. The van der Waals surface area contributed by atoms with Gasteiger partial charge in [0.2, 0.25) is 0 Å². The maximum atomic E-state index is 13.6. The fraction of sp³-hybridized carbons (Fsp3) is 0.320. The van der Waals surface area contributed by atoms with Crippen molar-refractivity contribution in [3.63, 3.8) is 0 Å². The summed E-state index contributed by atoms with van der Waals surface area (Å²) < 4.78 is 65.9. The van der Waals surface area contributed by atoms with Crippen LogP contribution in [0.3, 0.4) is 0 Å². The van der Waals surface area contributed by atoms with Gasteiger partial charge in [-0.25, -0.2) is 8.77 Å². The summed E-state index contributed by atoms with van der Waals surface area (Å²) in [6, 6.07) is 11.5. The van der Waals surface area contributed by atoms with Crippen molar-refractivity contribution >= 4 is 37.9 Å². The average Bonchev–Trinajstić information content (AvgIpc) is 3.59. The molecule has 12 heteroatoms. The molecule has 37 heavy (non-hydrogen) atoms. The van der Waals surface area contributed by atoms with E-state index in [4.69, 9.17) is 0 Å². The molecule has 192 valence electrons. The number of alkyl halides is 3. The number of hydrogen-bond acceptors (Lipinski definition) is 4. The SMILES string of the molecule is C[C@H]1c2cccc3[nH]cc(c23)C[C@@H]2N[C@@H](c3cn(S(=O)(=O)C(F)(F)F)c4ccccc34)N3C(=O)NC[C@@]213. The molecule has 0 bridgehead atoms. The first-order chi connectivity index (χ1) is 17.6. The molecule has 2 aliphatic heterocycles. The number of H-pyrrole nitrogens is 1. The van der Waals surface area contributed by atoms with Crippen LogP contribution in [0.4, 0.5) is 18.0 Å². The van der Waals surface area contributed by atoms with E-state index in [-0.39, 0.29) is 27.5 Å². The largest absolute Gasteiger partial charge is 0.517 e. The molecule has 4 aromatic rings. The van der Waals surface area contributed by atoms with Gasteiger partial charge in [-0.3, -0.25) is 10.2 Å². The number of para-hydroxylation sites is 1. The molecular formula is C25H22F3N5O3S. The molecule has 7 rings (SSSR count). The molecule has 0 unspecified atom stereocenters. The molecule has 3 N–H and O–H groups in total. The van der Waals surface area contributed by atoms with Gasteiger partial charge >= 0.3 is 21.6 Å². The van der Waals surface area contributed by atoms with Crippen LogP contribution in [-0.4, -0.2) is 51.9 Å². The van der Waals surface area contributed by atoms with E-state index in [1.807, 2.05) is 18.3 Å². The maximum absolute atomic E-state index is 13.6. The van der Waals surface area contributed by atoms with Crippen LogP contribution in [0.25, 0.3) is 21.8 Å². The van der Waals surface area contributed by atoms with E-state index in [2.05, 4.69) is 28.6 Å². The topological polar surface area (TPSA) is 99.2 Å². The number of halogens is 3. The number of hydrogen-bond donors (Lipinski definition) is 3. The van der Waals surface area contributed by atoms with Gasteiger partial charge in [-0.1, -0.05) is 37.3 Å². The second-order valence-corrected chi connectivity index (χ2v) is 11.8. The normalized spacial score (nSPS) is 27.4. The first-order valence-electron chi connectivity index (χ1n) is 11.9. The summed E-state index contributed by atoms with van der Waals surface area (Å²) in [5, 5.41) is 7.95. The molecule has 1 aliphatic carbocycles. The summed E-state index contributed by atoms with van der Waals surface area (Å²) in [6.45, 7) is 2.42. The second kappa shape index (κ2) is 7.07. The highest BCUT2D eigenvalue weighted by Crippen LogP contribution is 2.52. The highest BCUT2D eigenvalue weighted by Gasteiger charge is 2.63. The van der Waals surface area contributed by atoms with Crippen molar-refractivity contribution < 1.29 is 26.4 Å². The molecule has 2 aromatic carbocycles. The number of rotatable bonds is 2. The van der Waals surface area contributed by atoms with Crippen molar-refractivity contribution in [3.05, 3.63) is 71.5 Å². The Labute approximate surface area is 209 Å². The predicted octanol–water partition coefficient (Wildman–Crippen LogP) is 3.91. The van der Waals surface area contributed by atoms with Gasteiger partial charge in [0.25, 0.3) is 0 Å². The van der Waals surface area contributed by atoms with E-state index >= 15 is 0 Å². The van der Waals surface area contributed by atoms with Crippen LogP contribution >= 0.6 is 0 Å². The number of aromatic nitrogens is 2. The lowest BCUT2D eigenvalue weighted by Crippen LogP contribution is -2.54. The van der Waals surface area contributed by atoms with E-state index in [1.54, 1.807) is 17.0 Å². The smallest absolute Gasteiger partial charge is 0.361 e. The third kappa shape index (κ3) is 2.71. The average molecular weight is 530 g/mol. The quantitative estimate of drug-likeness (QED) is 0.367. The van der Waals surface area contributed by atoms with Crippen LogP contribution < -0.4 is 10.6 Å². The molecule has 2 amide bonds. The van der Waals surface area contributed by atoms with E-state index in [0.717, 1.165) is 28.2 Å². The number of urea groups is 1. The minimum absolute atomic E-state index is 0.0943. The fourth-order valence-corrected chi connectivity index (χ4v) is 7.66. The van der Waals surface area contributed by atoms with Crippen LogP contribution in [0.1, 0.15) is 35.7 Å². The summed E-state index contributed by atoms with van der Waals surface area (Å²) in [5.74, 6) is -0.123. The zero-order valence-electron chi connectivity index (χ0n) is 19.5. The minimum Gasteiger partial charge on any atom is -0.361 e. The lowest BCUT2D eigenvalue weighted by atomic mass is 9.76. The number of aromatic amines is 1. The fourth-order valence-electron chi connectivity index (χ4n) is 6.76. The Balaban J connectivity index is 1.43. The van der Waals surface area contributed by atoms with Gasteiger partial charge in [0.1, 0.15) is 6.17 Å². The zero-order valence-corrected chi connectivity index (χ0v) is 20.3. The van der Waals surface area contributed by atoms with E-state index in [1.165, 1.54) is 12.1 Å². The number of benzene rings is 2. The molecule has 0 saturated carbocycles. The van der Waals surface area contributed by atoms with Crippen LogP contribution in [0, 0.1) is 0 Å². The van der Waals surface area contributed by atoms with Crippen molar-refractivity contribution in [2.75, 3.05) is 6.54 Å². The van der Waals surface area contributed by atoms with Gasteiger partial charge in [0, 0.05) is 52.8 Å². The number of nitrogens with zero attached hydrogens (tertiary/aromatic N) is 2. The van der Waals surface area contributed by atoms with Crippen molar-refractivity contribution in [3.8, 4) is 0 Å². The molecule has 1 spiro atoms. The summed E-state index contributed by atoms with van der Waals surface area (Å²) in [7, 11) is -5.68. The van der Waals surface area contributed by atoms with Gasteiger partial charge in [0.05, 0.1) is 11.1 Å². The highest BCUT2D eigenvalue weighted by molar-refractivity contribution is 7.90. The van der Waals surface area contributed by atoms with Crippen molar-refractivity contribution in [1.29, 1.82) is 0 Å². The monoisotopic (exact) mass is 529 g/mol. The van der Waals surface area contributed by atoms with Crippen LogP contribution in [-0.2, 0) is 16.4 Å². The van der Waals surface area contributed by atoms with E-state index in [9.17, 15) is 26.4 Å². The van der Waals surface area contributed by atoms with Gasteiger partial charge in [-0.05, 0) is 29.7 Å². The number of amides is 2. The van der Waals surface area contributed by atoms with Gasteiger partial charge in [-0.15, -0.1) is 0 Å². The second-order valence-electron chi connectivity index (χ2n) is 10.00. The standard InChI is InChI=1S/C25H22F3N5O3S/c1-13-15-6-4-7-18-21(15)14(10-29-18)9-20-24(13)12-30-23(34)33(24)22(31-20)17-11-32(37(35,36)25(26,27)28)19-8-3-2-5-16(17)19/h2-8,10-11,13,20,22,29,31H,9,12H2,1H3,(H,30,34)/t13-,20-,22+,24-/m0/s1. The van der Waals surface area contributed by atoms with E-state index < -0.39 is 27.2 Å². The van der Waals surface area contributed by atoms with Crippen molar-refractivity contribution in [2.45, 2.75) is 42.5 Å². The summed E-state index contributed by atoms with van der Waals surface area (Å²) in [4.78, 5) is 18.4. The third-order valence-corrected chi connectivity index (χ3v) is 9.83. The summed E-state index contributed by atoms with van der Waals surface area (Å²) in [6.07, 6.45) is 2.72. The Hall–Kier alpha value is -3.51. The van der Waals surface area contributed by atoms with Crippen LogP contribution in [0.2, 0.25) is 0 Å². The Morgan fingerprint density at radius 1 is 1.08 bits per heavy atom. The molecule has 3 aliphatic rings. The molecular weight excluding hydrogens is 507 g/mol. The lowest BCUT2D eigenvalue weighted by molar-refractivity contribution is -0.0445. The maximum Gasteiger partial charge on any atom is 0.517 e. The predicted molar refractivity (Wildman–Crippen MR) is 130 cm³/mol. The first-order valence-corrected chi connectivity index (χ1v) is 13.3. The Morgan fingerprint density at radius 2 is 1.86 bits per heavy atom. The minimum atomic E-state index is -5.68. The van der Waals surface area contributed by atoms with Crippen molar-refractivity contribution in [2.24, 2.45) is 0 Å². The zero-order chi connectivity index (χ0) is 25.9. The number of fused-ring (bicyclic) bond motifs is 1. The van der Waals surface area contributed by atoms with Crippen LogP contribution in [0.15, 0.2) is 54.9 Å².